The van der Waals surface area contributed by atoms with Gasteiger partial charge < -0.3 is 35.8 Å². The van der Waals surface area contributed by atoms with Crippen molar-refractivity contribution < 1.29 is 28.7 Å². The van der Waals surface area contributed by atoms with E-state index in [0.29, 0.717) is 24.2 Å². The van der Waals surface area contributed by atoms with Crippen LogP contribution < -0.4 is 31.1 Å². The maximum atomic E-state index is 14.0. The Morgan fingerprint density at radius 1 is 0.514 bits per heavy atom. The van der Waals surface area contributed by atoms with Crippen LogP contribution in [0.4, 0.5) is 38.9 Å². The predicted octanol–water partition coefficient (Wildman–Crippen LogP) is 10.9. The summed E-state index contributed by atoms with van der Waals surface area (Å²) in [5.74, 6) is -1.05. The number of carbonyl (C=O) groups excluding carboxylic acids is 5. The Labute approximate surface area is 409 Å². The van der Waals surface area contributed by atoms with E-state index < -0.39 is 31.0 Å². The van der Waals surface area contributed by atoms with E-state index in [2.05, 4.69) is 47.2 Å². The molecule has 4 N–H and O–H groups in total. The fourth-order valence-electron chi connectivity index (χ4n) is 10.3. The third kappa shape index (κ3) is 9.96. The Balaban J connectivity index is 0.865. The van der Waals surface area contributed by atoms with Crippen molar-refractivity contribution in [1.29, 1.82) is 0 Å². The van der Waals surface area contributed by atoms with Gasteiger partial charge in [0.1, 0.15) is 19.7 Å². The van der Waals surface area contributed by atoms with Crippen molar-refractivity contribution in [3.8, 4) is 11.1 Å². The van der Waals surface area contributed by atoms with Gasteiger partial charge in [0.2, 0.25) is 23.6 Å². The first kappa shape index (κ1) is 47.1. The number of amides is 5. The molecule has 0 unspecified atom stereocenters. The van der Waals surface area contributed by atoms with Crippen LogP contribution in [0.25, 0.3) is 11.1 Å². The second-order valence-electron chi connectivity index (χ2n) is 18.3. The zero-order valence-corrected chi connectivity index (χ0v) is 40.0. The van der Waals surface area contributed by atoms with Crippen LogP contribution in [0.2, 0.25) is 0 Å². The SMILES string of the molecule is CCC(=O)N1c2ccccc2[C@H](Nc2ccc(NC(=O)CN(CC(=O)Nc3ccc(N[C@@H]4C[C@H](C)N(C(=O)CC)c5ccccc54)cc3)C(=O)OCC3c4ccccc4-c4ccccc43)cc2)C[C@@H]1C. The van der Waals surface area contributed by atoms with Crippen molar-refractivity contribution >= 4 is 63.8 Å². The summed E-state index contributed by atoms with van der Waals surface area (Å²) in [6, 6.07) is 46.6. The Kier molecular flexibility index (Phi) is 14.0. The summed E-state index contributed by atoms with van der Waals surface area (Å²) in [6.45, 7) is 7.01. The molecule has 13 nitrogen and oxygen atoms in total. The van der Waals surface area contributed by atoms with Crippen molar-refractivity contribution in [1.82, 2.24) is 4.90 Å². The number of nitrogens with zero attached hydrogens (tertiary/aromatic N) is 3. The van der Waals surface area contributed by atoms with Crippen molar-refractivity contribution in [2.45, 2.75) is 83.5 Å². The number of anilines is 6. The molecule has 5 amide bonds. The molecule has 0 bridgehead atoms. The van der Waals surface area contributed by atoms with Gasteiger partial charge in [0.25, 0.3) is 0 Å². The minimum absolute atomic E-state index is 0.00487. The molecule has 0 saturated heterocycles. The summed E-state index contributed by atoms with van der Waals surface area (Å²) in [6.07, 6.45) is 1.50. The summed E-state index contributed by atoms with van der Waals surface area (Å²) in [5.41, 5.74) is 10.9. The van der Waals surface area contributed by atoms with Gasteiger partial charge in [-0.25, -0.2) is 4.79 Å². The Morgan fingerprint density at radius 3 is 1.30 bits per heavy atom. The molecular weight excluding hydrogens is 879 g/mol. The van der Waals surface area contributed by atoms with Crippen LogP contribution in [0.15, 0.2) is 146 Å². The van der Waals surface area contributed by atoms with Gasteiger partial charge >= 0.3 is 6.09 Å². The highest BCUT2D eigenvalue weighted by molar-refractivity contribution is 5.98. The lowest BCUT2D eigenvalue weighted by Crippen LogP contribution is -2.44. The molecule has 6 aromatic rings. The molecule has 0 fully saturated rings. The minimum atomic E-state index is -0.798. The smallest absolute Gasteiger partial charge is 0.410 e. The Hall–Kier alpha value is -7.93. The third-order valence-electron chi connectivity index (χ3n) is 13.6. The molecule has 0 spiro atoms. The molecule has 3 aliphatic rings. The highest BCUT2D eigenvalue weighted by Gasteiger charge is 2.35. The summed E-state index contributed by atoms with van der Waals surface area (Å²) in [7, 11) is 0. The summed E-state index contributed by atoms with van der Waals surface area (Å²) in [4.78, 5) is 72.1. The molecule has 13 heteroatoms. The van der Waals surface area contributed by atoms with Crippen LogP contribution in [0.3, 0.4) is 0 Å². The number of benzene rings is 6. The van der Waals surface area contributed by atoms with E-state index in [9.17, 15) is 24.0 Å². The Bertz CT molecular complexity index is 2720. The van der Waals surface area contributed by atoms with Gasteiger partial charge in [-0.2, -0.15) is 0 Å². The van der Waals surface area contributed by atoms with Gasteiger partial charge in [0.15, 0.2) is 0 Å². The average molecular weight is 938 g/mol. The maximum absolute atomic E-state index is 14.0. The lowest BCUT2D eigenvalue weighted by molar-refractivity contribution is -0.120. The lowest BCUT2D eigenvalue weighted by atomic mass is 9.91. The number of ether oxygens (including phenoxy) is 1. The second kappa shape index (κ2) is 20.7. The predicted molar refractivity (Wildman–Crippen MR) is 276 cm³/mol. The van der Waals surface area contributed by atoms with E-state index in [1.807, 2.05) is 133 Å². The molecule has 0 saturated carbocycles. The van der Waals surface area contributed by atoms with Gasteiger partial charge in [-0.3, -0.25) is 24.1 Å². The van der Waals surface area contributed by atoms with E-state index in [-0.39, 0.29) is 48.5 Å². The number of para-hydroxylation sites is 2. The molecule has 2 aliphatic heterocycles. The van der Waals surface area contributed by atoms with E-state index in [4.69, 9.17) is 4.74 Å². The molecule has 70 heavy (non-hydrogen) atoms. The number of hydrogen-bond acceptors (Lipinski definition) is 8. The van der Waals surface area contributed by atoms with Gasteiger partial charge in [-0.1, -0.05) is 98.8 Å². The zero-order chi connectivity index (χ0) is 48.9. The molecule has 4 atom stereocenters. The van der Waals surface area contributed by atoms with Crippen molar-refractivity contribution in [3.63, 3.8) is 0 Å². The van der Waals surface area contributed by atoms with Crippen molar-refractivity contribution in [3.05, 3.63) is 168 Å². The van der Waals surface area contributed by atoms with Crippen LogP contribution in [0, 0.1) is 0 Å². The molecule has 2 heterocycles. The monoisotopic (exact) mass is 937 g/mol. The van der Waals surface area contributed by atoms with Gasteiger partial charge in [0.05, 0.1) is 12.1 Å². The molecule has 358 valence electrons. The molecule has 1 aliphatic carbocycles. The fraction of sp³-hybridized carbons (Fsp3) is 0.281. The highest BCUT2D eigenvalue weighted by atomic mass is 16.6. The van der Waals surface area contributed by atoms with Crippen LogP contribution in [-0.2, 0) is 23.9 Å². The van der Waals surface area contributed by atoms with Gasteiger partial charge in [-0.15, -0.1) is 0 Å². The van der Waals surface area contributed by atoms with Crippen LogP contribution in [-0.4, -0.2) is 66.4 Å². The first-order valence-corrected chi connectivity index (χ1v) is 24.2. The van der Waals surface area contributed by atoms with E-state index in [1.54, 1.807) is 24.3 Å². The maximum Gasteiger partial charge on any atom is 0.410 e. The zero-order valence-electron chi connectivity index (χ0n) is 40.0. The standard InChI is InChI=1S/C57H59N7O6/c1-5-55(67)63-36(3)31-49(46-19-11-13-21-51(46)63)58-38-23-27-40(28-24-38)60-53(65)33-62(57(69)70-35-48-44-17-9-7-15-42(44)43-16-8-10-18-45(43)48)34-54(66)61-41-29-25-39(26-30-41)59-50-32-37(4)64(56(68)6-2)52-22-14-12-20-47(50)52/h7-30,36-37,48-50,58-59H,5-6,31-35H2,1-4H3,(H,60,65)(H,61,66)/t36-,37-,49+,50+/m0/s1. The number of hydrogen-bond donors (Lipinski definition) is 4. The largest absolute Gasteiger partial charge is 0.448 e. The lowest BCUT2D eigenvalue weighted by Gasteiger charge is -2.40. The van der Waals surface area contributed by atoms with E-state index in [0.717, 1.165) is 73.9 Å². The normalized spacial score (nSPS) is 17.8. The third-order valence-corrected chi connectivity index (χ3v) is 13.6. The minimum Gasteiger partial charge on any atom is -0.448 e. The van der Waals surface area contributed by atoms with E-state index >= 15 is 0 Å². The molecule has 0 radical (unpaired) electrons. The second-order valence-corrected chi connectivity index (χ2v) is 18.3. The van der Waals surface area contributed by atoms with Crippen LogP contribution in [0.5, 0.6) is 0 Å². The summed E-state index contributed by atoms with van der Waals surface area (Å²) in [5, 5.41) is 13.0. The van der Waals surface area contributed by atoms with Gasteiger partial charge in [-0.05, 0) is 121 Å². The fourth-order valence-corrected chi connectivity index (χ4v) is 10.3. The number of fused-ring (bicyclic) bond motifs is 5. The number of rotatable bonds is 14. The summed E-state index contributed by atoms with van der Waals surface area (Å²) < 4.78 is 5.96. The number of nitrogens with one attached hydrogen (secondary N) is 4. The molecule has 6 aromatic carbocycles. The number of carbonyl (C=O) groups is 5. The first-order valence-electron chi connectivity index (χ1n) is 24.2. The van der Waals surface area contributed by atoms with Crippen molar-refractivity contribution in [2.24, 2.45) is 0 Å². The molecule has 0 aromatic heterocycles. The van der Waals surface area contributed by atoms with Crippen molar-refractivity contribution in [2.75, 3.05) is 50.8 Å². The average Bonchev–Trinajstić information content (AvgIpc) is 3.69. The topological polar surface area (TPSA) is 152 Å². The van der Waals surface area contributed by atoms with Gasteiger partial charge in [0, 0.05) is 65.0 Å². The Morgan fingerprint density at radius 2 is 0.886 bits per heavy atom. The molecule has 9 rings (SSSR count). The van der Waals surface area contributed by atoms with Crippen LogP contribution in [0.1, 0.15) is 93.6 Å². The highest BCUT2D eigenvalue weighted by Crippen LogP contribution is 2.45. The summed E-state index contributed by atoms with van der Waals surface area (Å²) >= 11 is 0. The quantitative estimate of drug-likeness (QED) is 0.0842. The van der Waals surface area contributed by atoms with E-state index in [1.165, 1.54) is 0 Å². The van der Waals surface area contributed by atoms with Crippen LogP contribution >= 0.6 is 0 Å². The molecular formula is C57H59N7O6. The first-order chi connectivity index (χ1) is 34.0.